The summed E-state index contributed by atoms with van der Waals surface area (Å²) in [6.45, 7) is 2.01. The molecule has 3 heterocycles. The molecule has 32 heavy (non-hydrogen) atoms. The fraction of sp³-hybridized carbons (Fsp3) is 0.0385. The maximum absolute atomic E-state index is 12.8. The highest BCUT2D eigenvalue weighted by Crippen LogP contribution is 2.31. The standard InChI is InChI=1S/C26H17N5O/c1-15-6-9-17(10-7-15)29-26(32)16-8-11-20-21(14-16)31-25-23-19(5-3-13-28-23)18-4-2-12-27-22(18)24(25)30-20/h2-14H,1H3,(H,29,32). The second-order valence-corrected chi connectivity index (χ2v) is 7.74. The Morgan fingerprint density at radius 3 is 2.00 bits per heavy atom. The summed E-state index contributed by atoms with van der Waals surface area (Å²) >= 11 is 0. The van der Waals surface area contributed by atoms with E-state index in [0.717, 1.165) is 33.1 Å². The molecule has 0 atom stereocenters. The van der Waals surface area contributed by atoms with Crippen molar-refractivity contribution in [3.63, 3.8) is 0 Å². The molecule has 6 aromatic rings. The molecule has 0 saturated carbocycles. The summed E-state index contributed by atoms with van der Waals surface area (Å²) in [7, 11) is 0. The summed E-state index contributed by atoms with van der Waals surface area (Å²) in [4.78, 5) is 31.7. The van der Waals surface area contributed by atoms with E-state index in [0.29, 0.717) is 27.6 Å². The summed E-state index contributed by atoms with van der Waals surface area (Å²) in [5.74, 6) is -0.194. The summed E-state index contributed by atoms with van der Waals surface area (Å²) in [6, 6.07) is 20.9. The van der Waals surface area contributed by atoms with Crippen LogP contribution in [0, 0.1) is 6.92 Å². The number of benzene rings is 3. The van der Waals surface area contributed by atoms with Gasteiger partial charge in [0.15, 0.2) is 0 Å². The van der Waals surface area contributed by atoms with E-state index in [1.807, 2.05) is 61.5 Å². The van der Waals surface area contributed by atoms with Gasteiger partial charge in [-0.15, -0.1) is 0 Å². The lowest BCUT2D eigenvalue weighted by molar-refractivity contribution is 0.102. The van der Waals surface area contributed by atoms with Gasteiger partial charge in [-0.2, -0.15) is 0 Å². The van der Waals surface area contributed by atoms with Crippen molar-refractivity contribution >= 4 is 55.5 Å². The third-order valence-electron chi connectivity index (χ3n) is 5.59. The first-order valence-corrected chi connectivity index (χ1v) is 10.3. The van der Waals surface area contributed by atoms with Crippen LogP contribution in [0.4, 0.5) is 5.69 Å². The Morgan fingerprint density at radius 2 is 1.34 bits per heavy atom. The average molecular weight is 415 g/mol. The number of fused-ring (bicyclic) bond motifs is 7. The molecule has 3 aromatic carbocycles. The molecule has 1 amide bonds. The first kappa shape index (κ1) is 18.3. The molecule has 0 aliphatic heterocycles. The largest absolute Gasteiger partial charge is 0.322 e. The number of hydrogen-bond donors (Lipinski definition) is 1. The van der Waals surface area contributed by atoms with Gasteiger partial charge in [-0.25, -0.2) is 9.97 Å². The quantitative estimate of drug-likeness (QED) is 0.301. The minimum atomic E-state index is -0.194. The molecule has 0 spiro atoms. The number of pyridine rings is 2. The first-order valence-electron chi connectivity index (χ1n) is 10.3. The zero-order valence-electron chi connectivity index (χ0n) is 17.2. The summed E-state index contributed by atoms with van der Waals surface area (Å²) < 4.78 is 0. The third kappa shape index (κ3) is 2.93. The Bertz CT molecular complexity index is 1680. The van der Waals surface area contributed by atoms with E-state index in [9.17, 15) is 4.79 Å². The van der Waals surface area contributed by atoms with Crippen molar-refractivity contribution in [2.75, 3.05) is 5.32 Å². The van der Waals surface area contributed by atoms with Crippen LogP contribution >= 0.6 is 0 Å². The predicted molar refractivity (Wildman–Crippen MR) is 127 cm³/mol. The van der Waals surface area contributed by atoms with E-state index in [1.54, 1.807) is 24.5 Å². The van der Waals surface area contributed by atoms with Gasteiger partial charge in [0.05, 0.1) is 22.1 Å². The fourth-order valence-electron chi connectivity index (χ4n) is 3.99. The molecule has 0 unspecified atom stereocenters. The Balaban J connectivity index is 1.53. The third-order valence-corrected chi connectivity index (χ3v) is 5.59. The highest BCUT2D eigenvalue weighted by atomic mass is 16.1. The van der Waals surface area contributed by atoms with Crippen LogP contribution in [0.5, 0.6) is 0 Å². The van der Waals surface area contributed by atoms with E-state index >= 15 is 0 Å². The fourth-order valence-corrected chi connectivity index (χ4v) is 3.99. The Hall–Kier alpha value is -4.45. The van der Waals surface area contributed by atoms with Crippen LogP contribution in [0.1, 0.15) is 15.9 Å². The van der Waals surface area contributed by atoms with Crippen LogP contribution in [0.25, 0.3) is 43.9 Å². The van der Waals surface area contributed by atoms with Gasteiger partial charge in [0.2, 0.25) is 0 Å². The normalized spacial score (nSPS) is 11.4. The van der Waals surface area contributed by atoms with Gasteiger partial charge in [0, 0.05) is 34.4 Å². The monoisotopic (exact) mass is 415 g/mol. The summed E-state index contributed by atoms with van der Waals surface area (Å²) in [5.41, 5.74) is 6.68. The molecular weight excluding hydrogens is 398 g/mol. The molecule has 6 nitrogen and oxygen atoms in total. The molecule has 0 radical (unpaired) electrons. The lowest BCUT2D eigenvalue weighted by Gasteiger charge is -2.10. The molecule has 0 aliphatic rings. The Morgan fingerprint density at radius 1 is 0.719 bits per heavy atom. The molecule has 0 bridgehead atoms. The van der Waals surface area contributed by atoms with Gasteiger partial charge in [-0.05, 0) is 49.4 Å². The summed E-state index contributed by atoms with van der Waals surface area (Å²) in [6.07, 6.45) is 3.51. The van der Waals surface area contributed by atoms with Gasteiger partial charge in [0.25, 0.3) is 5.91 Å². The lowest BCUT2D eigenvalue weighted by atomic mass is 10.1. The number of rotatable bonds is 2. The molecule has 0 saturated heterocycles. The predicted octanol–water partition coefficient (Wildman–Crippen LogP) is 5.44. The first-order chi connectivity index (χ1) is 15.7. The Labute approximate surface area is 183 Å². The highest BCUT2D eigenvalue weighted by Gasteiger charge is 2.15. The van der Waals surface area contributed by atoms with Crippen molar-refractivity contribution in [2.45, 2.75) is 6.92 Å². The van der Waals surface area contributed by atoms with Gasteiger partial charge in [0.1, 0.15) is 11.0 Å². The highest BCUT2D eigenvalue weighted by molar-refractivity contribution is 6.21. The van der Waals surface area contributed by atoms with Gasteiger partial charge >= 0.3 is 0 Å². The number of nitrogens with one attached hydrogen (secondary N) is 1. The van der Waals surface area contributed by atoms with Crippen molar-refractivity contribution in [1.82, 2.24) is 19.9 Å². The average Bonchev–Trinajstić information content (AvgIpc) is 2.84. The smallest absolute Gasteiger partial charge is 0.255 e. The molecule has 1 N–H and O–H groups in total. The number of carbonyl (C=O) groups excluding carboxylic acids is 1. The van der Waals surface area contributed by atoms with Crippen molar-refractivity contribution in [2.24, 2.45) is 0 Å². The zero-order valence-corrected chi connectivity index (χ0v) is 17.2. The molecular formula is C26H17N5O. The SMILES string of the molecule is Cc1ccc(NC(=O)c2ccc3nc4c5ncccc5c5cccnc5c4nc3c2)cc1. The topological polar surface area (TPSA) is 80.7 Å². The molecule has 6 rings (SSSR count). The molecule has 0 aliphatic carbocycles. The van der Waals surface area contributed by atoms with Crippen LogP contribution in [0.3, 0.4) is 0 Å². The van der Waals surface area contributed by atoms with Gasteiger partial charge in [-0.3, -0.25) is 14.8 Å². The molecule has 3 aromatic heterocycles. The van der Waals surface area contributed by atoms with Crippen LogP contribution in [-0.2, 0) is 0 Å². The number of hydrogen-bond acceptors (Lipinski definition) is 5. The number of aromatic nitrogens is 4. The minimum Gasteiger partial charge on any atom is -0.322 e. The van der Waals surface area contributed by atoms with Crippen LogP contribution < -0.4 is 5.32 Å². The van der Waals surface area contributed by atoms with Gasteiger partial charge < -0.3 is 5.32 Å². The number of amides is 1. The second-order valence-electron chi connectivity index (χ2n) is 7.74. The van der Waals surface area contributed by atoms with Crippen molar-refractivity contribution < 1.29 is 4.79 Å². The maximum Gasteiger partial charge on any atom is 0.255 e. The van der Waals surface area contributed by atoms with E-state index in [4.69, 9.17) is 9.97 Å². The van der Waals surface area contributed by atoms with Crippen LogP contribution in [0.2, 0.25) is 0 Å². The number of aryl methyl sites for hydroxylation is 1. The van der Waals surface area contributed by atoms with E-state index in [1.165, 1.54) is 0 Å². The van der Waals surface area contributed by atoms with Crippen molar-refractivity contribution in [1.29, 1.82) is 0 Å². The number of anilines is 1. The Kier molecular flexibility index (Phi) is 4.04. The van der Waals surface area contributed by atoms with Crippen molar-refractivity contribution in [3.05, 3.63) is 90.3 Å². The van der Waals surface area contributed by atoms with E-state index in [2.05, 4.69) is 15.3 Å². The van der Waals surface area contributed by atoms with E-state index < -0.39 is 0 Å². The lowest BCUT2D eigenvalue weighted by Crippen LogP contribution is -2.11. The van der Waals surface area contributed by atoms with Crippen LogP contribution in [-0.4, -0.2) is 25.8 Å². The summed E-state index contributed by atoms with van der Waals surface area (Å²) in [5, 5.41) is 4.90. The van der Waals surface area contributed by atoms with Crippen LogP contribution in [0.15, 0.2) is 79.1 Å². The number of nitrogens with zero attached hydrogens (tertiary/aromatic N) is 4. The molecule has 152 valence electrons. The molecule has 6 heteroatoms. The van der Waals surface area contributed by atoms with Gasteiger partial charge in [-0.1, -0.05) is 29.8 Å². The second kappa shape index (κ2) is 7.06. The minimum absolute atomic E-state index is 0.194. The maximum atomic E-state index is 12.8. The molecule has 0 fully saturated rings. The zero-order chi connectivity index (χ0) is 21.7. The number of carbonyl (C=O) groups is 1. The van der Waals surface area contributed by atoms with Crippen molar-refractivity contribution in [3.8, 4) is 0 Å². The van der Waals surface area contributed by atoms with E-state index in [-0.39, 0.29) is 5.91 Å².